The lowest BCUT2D eigenvalue weighted by Gasteiger charge is -2.16. The predicted molar refractivity (Wildman–Crippen MR) is 82.0 cm³/mol. The molecule has 114 valence electrons. The number of aromatic nitrogens is 3. The van der Waals surface area contributed by atoms with E-state index < -0.39 is 5.97 Å². The minimum absolute atomic E-state index is 0.0715. The molecular weight excluding hydrogens is 282 g/mol. The summed E-state index contributed by atoms with van der Waals surface area (Å²) in [5.74, 6) is 0.380. The molecule has 0 amide bonds. The van der Waals surface area contributed by atoms with Crippen LogP contribution in [0.15, 0.2) is 30.7 Å². The van der Waals surface area contributed by atoms with Gasteiger partial charge in [0.25, 0.3) is 0 Å². The second kappa shape index (κ2) is 6.38. The molecule has 7 nitrogen and oxygen atoms in total. The third kappa shape index (κ3) is 3.30. The van der Waals surface area contributed by atoms with Crippen LogP contribution in [0.25, 0.3) is 0 Å². The quantitative estimate of drug-likeness (QED) is 0.869. The van der Waals surface area contributed by atoms with Crippen LogP contribution in [0.3, 0.4) is 0 Å². The first-order valence-corrected chi connectivity index (χ1v) is 7.21. The maximum absolute atomic E-state index is 10.7. The molecule has 0 spiro atoms. The lowest BCUT2D eigenvalue weighted by Crippen LogP contribution is -2.18. The highest BCUT2D eigenvalue weighted by Crippen LogP contribution is 2.17. The largest absolute Gasteiger partial charge is 0.478 e. The summed E-state index contributed by atoms with van der Waals surface area (Å²) in [4.78, 5) is 25.4. The molecule has 0 aromatic carbocycles. The van der Waals surface area contributed by atoms with Gasteiger partial charge in [0.05, 0.1) is 5.56 Å². The second-order valence-corrected chi connectivity index (χ2v) is 5.17. The molecule has 3 heterocycles. The highest BCUT2D eigenvalue weighted by atomic mass is 16.4. The monoisotopic (exact) mass is 299 g/mol. The fourth-order valence-electron chi connectivity index (χ4n) is 2.37. The van der Waals surface area contributed by atoms with Gasteiger partial charge in [0.2, 0.25) is 5.95 Å². The van der Waals surface area contributed by atoms with Gasteiger partial charge in [-0.25, -0.2) is 19.7 Å². The van der Waals surface area contributed by atoms with E-state index in [4.69, 9.17) is 5.11 Å². The Labute approximate surface area is 128 Å². The van der Waals surface area contributed by atoms with Gasteiger partial charge in [-0.2, -0.15) is 0 Å². The summed E-state index contributed by atoms with van der Waals surface area (Å²) in [6.45, 7) is 2.70. The third-order valence-electron chi connectivity index (χ3n) is 3.59. The van der Waals surface area contributed by atoms with E-state index >= 15 is 0 Å². The number of nitrogens with zero attached hydrogens (tertiary/aromatic N) is 4. The van der Waals surface area contributed by atoms with E-state index in [1.54, 1.807) is 0 Å². The third-order valence-corrected chi connectivity index (χ3v) is 3.59. The highest BCUT2D eigenvalue weighted by Gasteiger charge is 2.12. The molecule has 0 saturated carbocycles. The van der Waals surface area contributed by atoms with Crippen LogP contribution in [0, 0.1) is 0 Å². The molecular formula is C15H17N5O2. The van der Waals surface area contributed by atoms with Gasteiger partial charge < -0.3 is 15.3 Å². The first-order valence-electron chi connectivity index (χ1n) is 7.21. The van der Waals surface area contributed by atoms with Gasteiger partial charge >= 0.3 is 5.97 Å². The summed E-state index contributed by atoms with van der Waals surface area (Å²) >= 11 is 0. The van der Waals surface area contributed by atoms with Crippen molar-refractivity contribution in [2.45, 2.75) is 19.4 Å². The molecule has 1 aliphatic heterocycles. The molecule has 0 unspecified atom stereocenters. The van der Waals surface area contributed by atoms with Crippen LogP contribution in [-0.4, -0.2) is 39.1 Å². The van der Waals surface area contributed by atoms with E-state index in [1.807, 2.05) is 18.3 Å². The number of hydrogen-bond donors (Lipinski definition) is 2. The van der Waals surface area contributed by atoms with Crippen LogP contribution in [0.1, 0.15) is 28.8 Å². The Morgan fingerprint density at radius 3 is 2.45 bits per heavy atom. The van der Waals surface area contributed by atoms with Gasteiger partial charge in [-0.1, -0.05) is 6.07 Å². The number of rotatable bonds is 5. The Bertz CT molecular complexity index is 636. The van der Waals surface area contributed by atoms with Crippen LogP contribution in [0.4, 0.5) is 11.8 Å². The fourth-order valence-corrected chi connectivity index (χ4v) is 2.37. The van der Waals surface area contributed by atoms with Crippen molar-refractivity contribution in [3.05, 3.63) is 41.9 Å². The summed E-state index contributed by atoms with van der Waals surface area (Å²) in [5, 5.41) is 11.8. The summed E-state index contributed by atoms with van der Waals surface area (Å²) in [7, 11) is 0. The van der Waals surface area contributed by atoms with E-state index in [2.05, 4.69) is 25.2 Å². The van der Waals surface area contributed by atoms with Crippen LogP contribution >= 0.6 is 0 Å². The number of anilines is 2. The molecule has 0 aliphatic carbocycles. The molecule has 0 atom stereocenters. The average Bonchev–Trinajstić information content (AvgIpc) is 3.08. The minimum atomic E-state index is -1.03. The molecule has 1 saturated heterocycles. The van der Waals surface area contributed by atoms with Crippen molar-refractivity contribution in [1.82, 2.24) is 15.0 Å². The van der Waals surface area contributed by atoms with Gasteiger partial charge in [-0.05, 0) is 24.5 Å². The average molecular weight is 299 g/mol. The molecule has 3 rings (SSSR count). The lowest BCUT2D eigenvalue weighted by atomic mass is 10.3. The Morgan fingerprint density at radius 2 is 1.86 bits per heavy atom. The SMILES string of the molecule is O=C(O)c1cnc(NCc2ccc(N3CCCC3)nc2)nc1. The predicted octanol–water partition coefficient (Wildman–Crippen LogP) is 1.78. The molecule has 7 heteroatoms. The van der Waals surface area contributed by atoms with Gasteiger partial charge in [-0.15, -0.1) is 0 Å². The van der Waals surface area contributed by atoms with Crippen molar-refractivity contribution < 1.29 is 9.90 Å². The van der Waals surface area contributed by atoms with Gasteiger partial charge in [0, 0.05) is 38.2 Å². The van der Waals surface area contributed by atoms with Gasteiger partial charge in [0.1, 0.15) is 5.82 Å². The topological polar surface area (TPSA) is 91.2 Å². The number of aromatic carboxylic acids is 1. The van der Waals surface area contributed by atoms with Crippen molar-refractivity contribution in [3.8, 4) is 0 Å². The first kappa shape index (κ1) is 14.2. The summed E-state index contributed by atoms with van der Waals surface area (Å²) in [6.07, 6.45) is 6.87. The van der Waals surface area contributed by atoms with Gasteiger partial charge in [-0.3, -0.25) is 0 Å². The van der Waals surface area contributed by atoms with E-state index in [-0.39, 0.29) is 5.56 Å². The van der Waals surface area contributed by atoms with Crippen molar-refractivity contribution >= 4 is 17.7 Å². The van der Waals surface area contributed by atoms with Gasteiger partial charge in [0.15, 0.2) is 0 Å². The number of nitrogens with one attached hydrogen (secondary N) is 1. The Morgan fingerprint density at radius 1 is 1.14 bits per heavy atom. The number of hydrogen-bond acceptors (Lipinski definition) is 6. The van der Waals surface area contributed by atoms with Crippen LogP contribution < -0.4 is 10.2 Å². The summed E-state index contributed by atoms with van der Waals surface area (Å²) in [6, 6.07) is 4.05. The zero-order valence-electron chi connectivity index (χ0n) is 12.1. The summed E-state index contributed by atoms with van der Waals surface area (Å²) in [5.41, 5.74) is 1.09. The molecule has 0 bridgehead atoms. The molecule has 2 aromatic rings. The molecule has 22 heavy (non-hydrogen) atoms. The smallest absolute Gasteiger partial charge is 0.338 e. The Kier molecular flexibility index (Phi) is 4.13. The number of carboxylic acid groups (broad SMARTS) is 1. The van der Waals surface area contributed by atoms with E-state index in [1.165, 1.54) is 25.2 Å². The van der Waals surface area contributed by atoms with Crippen molar-refractivity contribution in [2.24, 2.45) is 0 Å². The summed E-state index contributed by atoms with van der Waals surface area (Å²) < 4.78 is 0. The lowest BCUT2D eigenvalue weighted by molar-refractivity contribution is 0.0696. The Hall–Kier alpha value is -2.70. The standard InChI is InChI=1S/C15H17N5O2/c21-14(22)12-9-18-15(19-10-12)17-8-11-3-4-13(16-7-11)20-5-1-2-6-20/h3-4,7,9-10H,1-2,5-6,8H2,(H,21,22)(H,17,18,19). The molecule has 0 radical (unpaired) electrons. The molecule has 1 aliphatic rings. The zero-order chi connectivity index (χ0) is 15.4. The molecule has 1 fully saturated rings. The maximum atomic E-state index is 10.7. The maximum Gasteiger partial charge on any atom is 0.338 e. The van der Waals surface area contributed by atoms with Crippen LogP contribution in [0.5, 0.6) is 0 Å². The normalized spacial score (nSPS) is 14.1. The minimum Gasteiger partial charge on any atom is -0.478 e. The van der Waals surface area contributed by atoms with Crippen LogP contribution in [-0.2, 0) is 6.54 Å². The second-order valence-electron chi connectivity index (χ2n) is 5.17. The zero-order valence-corrected chi connectivity index (χ0v) is 12.1. The van der Waals surface area contributed by atoms with E-state index in [0.717, 1.165) is 24.5 Å². The van der Waals surface area contributed by atoms with Crippen molar-refractivity contribution in [3.63, 3.8) is 0 Å². The van der Waals surface area contributed by atoms with Crippen molar-refractivity contribution in [1.29, 1.82) is 0 Å². The first-order chi connectivity index (χ1) is 10.7. The van der Waals surface area contributed by atoms with E-state index in [9.17, 15) is 4.79 Å². The highest BCUT2D eigenvalue weighted by molar-refractivity contribution is 5.86. The number of carbonyl (C=O) groups is 1. The molecule has 2 N–H and O–H groups in total. The van der Waals surface area contributed by atoms with Crippen LogP contribution in [0.2, 0.25) is 0 Å². The number of pyridine rings is 1. The van der Waals surface area contributed by atoms with E-state index in [0.29, 0.717) is 12.5 Å². The molecule has 2 aromatic heterocycles. The van der Waals surface area contributed by atoms with Crippen molar-refractivity contribution in [2.75, 3.05) is 23.3 Å². The Balaban J connectivity index is 1.57. The number of carboxylic acids is 1. The fraction of sp³-hybridized carbons (Fsp3) is 0.333.